The first-order valence-corrected chi connectivity index (χ1v) is 8.09. The standard InChI is InChI=1S/C16H11IN2O5/c1-2-23-16(20)12-7-11(19(21)22)8-13-14(12)24-15(18-13)9-3-5-10(17)6-4-9/h3-8H,2H2,1H3. The fraction of sp³-hybridized carbons (Fsp3) is 0.125. The molecule has 122 valence electrons. The number of carbonyl (C=O) groups excluding carboxylic acids is 1. The number of aromatic nitrogens is 1. The number of benzene rings is 2. The average Bonchev–Trinajstić information content (AvgIpc) is 2.98. The molecule has 0 fully saturated rings. The van der Waals surface area contributed by atoms with Crippen molar-refractivity contribution < 1.29 is 18.9 Å². The van der Waals surface area contributed by atoms with Crippen LogP contribution in [0.5, 0.6) is 0 Å². The van der Waals surface area contributed by atoms with Gasteiger partial charge in [0.25, 0.3) is 5.69 Å². The van der Waals surface area contributed by atoms with Gasteiger partial charge in [0.15, 0.2) is 5.58 Å². The maximum atomic E-state index is 12.1. The van der Waals surface area contributed by atoms with Gasteiger partial charge in [-0.05, 0) is 53.8 Å². The minimum Gasteiger partial charge on any atom is -0.462 e. The fourth-order valence-electron chi connectivity index (χ4n) is 2.20. The number of oxazole rings is 1. The molecule has 1 aromatic heterocycles. The van der Waals surface area contributed by atoms with Crippen LogP contribution < -0.4 is 0 Å². The van der Waals surface area contributed by atoms with Crippen LogP contribution in [0, 0.1) is 13.7 Å². The second kappa shape index (κ2) is 6.56. The van der Waals surface area contributed by atoms with Gasteiger partial charge in [0, 0.05) is 21.3 Å². The number of nitro benzene ring substituents is 1. The normalized spacial score (nSPS) is 10.8. The Balaban J connectivity index is 2.19. The molecule has 8 heteroatoms. The lowest BCUT2D eigenvalue weighted by atomic mass is 10.1. The monoisotopic (exact) mass is 438 g/mol. The zero-order valence-electron chi connectivity index (χ0n) is 12.5. The van der Waals surface area contributed by atoms with E-state index in [4.69, 9.17) is 9.15 Å². The van der Waals surface area contributed by atoms with Crippen molar-refractivity contribution in [1.82, 2.24) is 4.98 Å². The fourth-order valence-corrected chi connectivity index (χ4v) is 2.56. The Kier molecular flexibility index (Phi) is 4.47. The first-order chi connectivity index (χ1) is 11.5. The van der Waals surface area contributed by atoms with Crippen molar-refractivity contribution in [2.24, 2.45) is 0 Å². The lowest BCUT2D eigenvalue weighted by molar-refractivity contribution is -0.384. The summed E-state index contributed by atoms with van der Waals surface area (Å²) in [5.74, 6) is -0.399. The van der Waals surface area contributed by atoms with Gasteiger partial charge in [-0.1, -0.05) is 0 Å². The van der Waals surface area contributed by atoms with Crippen molar-refractivity contribution in [3.05, 3.63) is 55.6 Å². The lowest BCUT2D eigenvalue weighted by Crippen LogP contribution is -2.05. The molecular weight excluding hydrogens is 427 g/mol. The predicted molar refractivity (Wildman–Crippen MR) is 94.8 cm³/mol. The number of fused-ring (bicyclic) bond motifs is 1. The van der Waals surface area contributed by atoms with Crippen LogP contribution in [0.2, 0.25) is 0 Å². The van der Waals surface area contributed by atoms with Gasteiger partial charge in [0.2, 0.25) is 5.89 Å². The third-order valence-corrected chi connectivity index (χ3v) is 3.99. The van der Waals surface area contributed by atoms with Gasteiger partial charge in [0.1, 0.15) is 11.1 Å². The van der Waals surface area contributed by atoms with Gasteiger partial charge < -0.3 is 9.15 Å². The number of carbonyl (C=O) groups is 1. The maximum Gasteiger partial charge on any atom is 0.342 e. The molecule has 24 heavy (non-hydrogen) atoms. The lowest BCUT2D eigenvalue weighted by Gasteiger charge is -2.02. The van der Waals surface area contributed by atoms with E-state index >= 15 is 0 Å². The molecule has 0 atom stereocenters. The molecule has 0 aliphatic heterocycles. The van der Waals surface area contributed by atoms with E-state index < -0.39 is 10.9 Å². The molecule has 1 heterocycles. The minimum absolute atomic E-state index is 0.00897. The van der Waals surface area contributed by atoms with Crippen LogP contribution in [0.25, 0.3) is 22.6 Å². The van der Waals surface area contributed by atoms with E-state index in [-0.39, 0.29) is 34.8 Å². The second-order valence-corrected chi connectivity index (χ2v) is 6.09. The number of non-ortho nitro benzene ring substituents is 1. The topological polar surface area (TPSA) is 95.5 Å². The second-order valence-electron chi connectivity index (χ2n) is 4.85. The Bertz CT molecular complexity index is 934. The highest BCUT2D eigenvalue weighted by Gasteiger charge is 2.22. The summed E-state index contributed by atoms with van der Waals surface area (Å²) in [5.41, 5.74) is 0.871. The van der Waals surface area contributed by atoms with E-state index in [9.17, 15) is 14.9 Å². The quantitative estimate of drug-likeness (QED) is 0.263. The number of halogens is 1. The highest BCUT2D eigenvalue weighted by molar-refractivity contribution is 14.1. The Morgan fingerprint density at radius 1 is 1.33 bits per heavy atom. The summed E-state index contributed by atoms with van der Waals surface area (Å²) >= 11 is 2.18. The highest BCUT2D eigenvalue weighted by atomic mass is 127. The molecule has 0 radical (unpaired) electrons. The van der Waals surface area contributed by atoms with Gasteiger partial charge in [-0.3, -0.25) is 10.1 Å². The molecule has 0 amide bonds. The molecule has 3 rings (SSSR count). The van der Waals surface area contributed by atoms with E-state index in [0.717, 1.165) is 9.64 Å². The van der Waals surface area contributed by atoms with Crippen LogP contribution in [-0.4, -0.2) is 22.5 Å². The molecule has 0 saturated carbocycles. The summed E-state index contributed by atoms with van der Waals surface area (Å²) in [5, 5.41) is 11.1. The number of nitrogens with zero attached hydrogens (tertiary/aromatic N) is 2. The minimum atomic E-state index is -0.684. The van der Waals surface area contributed by atoms with Crippen LogP contribution in [0.1, 0.15) is 17.3 Å². The van der Waals surface area contributed by atoms with Gasteiger partial charge >= 0.3 is 5.97 Å². The molecule has 0 bridgehead atoms. The van der Waals surface area contributed by atoms with Crippen molar-refractivity contribution in [3.8, 4) is 11.5 Å². The molecule has 0 saturated heterocycles. The number of esters is 1. The Labute approximate surface area is 149 Å². The summed E-state index contributed by atoms with van der Waals surface area (Å²) in [6.07, 6.45) is 0. The largest absolute Gasteiger partial charge is 0.462 e. The number of ether oxygens (including phenoxy) is 1. The van der Waals surface area contributed by atoms with Crippen LogP contribution in [-0.2, 0) is 4.74 Å². The summed E-state index contributed by atoms with van der Waals surface area (Å²) in [7, 11) is 0. The van der Waals surface area contributed by atoms with Crippen molar-refractivity contribution in [1.29, 1.82) is 0 Å². The molecule has 7 nitrogen and oxygen atoms in total. The van der Waals surface area contributed by atoms with Gasteiger partial charge in [-0.2, -0.15) is 0 Å². The number of nitro groups is 1. The summed E-state index contributed by atoms with van der Waals surface area (Å²) < 4.78 is 11.7. The van der Waals surface area contributed by atoms with E-state index in [1.165, 1.54) is 6.07 Å². The van der Waals surface area contributed by atoms with E-state index in [2.05, 4.69) is 27.6 Å². The van der Waals surface area contributed by atoms with Crippen molar-refractivity contribution in [3.63, 3.8) is 0 Å². The van der Waals surface area contributed by atoms with Crippen molar-refractivity contribution in [2.45, 2.75) is 6.92 Å². The zero-order valence-corrected chi connectivity index (χ0v) is 14.6. The highest BCUT2D eigenvalue weighted by Crippen LogP contribution is 2.30. The smallest absolute Gasteiger partial charge is 0.342 e. The molecule has 0 unspecified atom stereocenters. The zero-order chi connectivity index (χ0) is 17.3. The van der Waals surface area contributed by atoms with Crippen LogP contribution in [0.4, 0.5) is 5.69 Å². The molecule has 0 aliphatic rings. The van der Waals surface area contributed by atoms with Crippen molar-refractivity contribution >= 4 is 45.3 Å². The number of rotatable bonds is 4. The third kappa shape index (κ3) is 3.09. The third-order valence-electron chi connectivity index (χ3n) is 3.27. The first-order valence-electron chi connectivity index (χ1n) is 7.01. The van der Waals surface area contributed by atoms with Crippen LogP contribution in [0.15, 0.2) is 40.8 Å². The van der Waals surface area contributed by atoms with E-state index in [1.54, 1.807) is 6.92 Å². The molecule has 0 aliphatic carbocycles. The molecule has 0 N–H and O–H groups in total. The molecular formula is C16H11IN2O5. The summed E-state index contributed by atoms with van der Waals surface area (Å²) in [6.45, 7) is 1.81. The Morgan fingerprint density at radius 3 is 2.67 bits per heavy atom. The van der Waals surface area contributed by atoms with Crippen LogP contribution >= 0.6 is 22.6 Å². The van der Waals surface area contributed by atoms with E-state index in [0.29, 0.717) is 5.56 Å². The number of hydrogen-bond donors (Lipinski definition) is 0. The Hall–Kier alpha value is -2.49. The SMILES string of the molecule is CCOC(=O)c1cc([N+](=O)[O-])cc2nc(-c3ccc(I)cc3)oc12. The van der Waals surface area contributed by atoms with Crippen LogP contribution in [0.3, 0.4) is 0 Å². The molecule has 0 spiro atoms. The first kappa shape index (κ1) is 16.4. The predicted octanol–water partition coefficient (Wildman–Crippen LogP) is 4.18. The molecule has 2 aromatic carbocycles. The van der Waals surface area contributed by atoms with Gasteiger partial charge in [-0.25, -0.2) is 9.78 Å². The summed E-state index contributed by atoms with van der Waals surface area (Å²) in [6, 6.07) is 9.84. The summed E-state index contributed by atoms with van der Waals surface area (Å²) in [4.78, 5) is 26.9. The average molecular weight is 438 g/mol. The molecule has 3 aromatic rings. The maximum absolute atomic E-state index is 12.1. The van der Waals surface area contributed by atoms with Gasteiger partial charge in [0.05, 0.1) is 11.5 Å². The van der Waals surface area contributed by atoms with E-state index in [1.807, 2.05) is 24.3 Å². The number of hydrogen-bond acceptors (Lipinski definition) is 6. The Morgan fingerprint density at radius 2 is 2.04 bits per heavy atom. The van der Waals surface area contributed by atoms with Crippen molar-refractivity contribution in [2.75, 3.05) is 6.61 Å². The van der Waals surface area contributed by atoms with Gasteiger partial charge in [-0.15, -0.1) is 0 Å².